The zero-order valence-corrected chi connectivity index (χ0v) is 15.4. The van der Waals surface area contributed by atoms with Crippen molar-refractivity contribution < 1.29 is 14.4 Å². The number of hydrogen-bond acceptors (Lipinski definition) is 5. The minimum Gasteiger partial charge on any atom is -0.347 e. The summed E-state index contributed by atoms with van der Waals surface area (Å²) < 4.78 is 0. The third kappa shape index (κ3) is 7.70. The Balaban J connectivity index is 0.000000380. The Labute approximate surface area is 140 Å². The van der Waals surface area contributed by atoms with Crippen molar-refractivity contribution in [2.24, 2.45) is 5.92 Å². The first kappa shape index (κ1) is 21.7. The van der Waals surface area contributed by atoms with E-state index in [1.807, 2.05) is 34.7 Å². The van der Waals surface area contributed by atoms with Gasteiger partial charge in [-0.3, -0.25) is 14.5 Å². The van der Waals surface area contributed by atoms with Gasteiger partial charge in [0.2, 0.25) is 5.91 Å². The first-order valence-corrected chi connectivity index (χ1v) is 8.53. The number of nitrogens with one attached hydrogen (secondary N) is 2. The average molecular weight is 327 g/mol. The summed E-state index contributed by atoms with van der Waals surface area (Å²) >= 11 is 0. The van der Waals surface area contributed by atoms with E-state index >= 15 is 0 Å². The number of nitrogens with zero attached hydrogens (tertiary/aromatic N) is 1. The molecule has 0 aromatic carbocycles. The summed E-state index contributed by atoms with van der Waals surface area (Å²) in [4.78, 5) is 34.2. The highest BCUT2D eigenvalue weighted by Crippen LogP contribution is 2.20. The molecular formula is C17H33N3O3. The summed E-state index contributed by atoms with van der Waals surface area (Å²) in [5.74, 6) is 0.643. The lowest BCUT2D eigenvalue weighted by Crippen LogP contribution is -2.35. The lowest BCUT2D eigenvalue weighted by atomic mass is 10.1. The Morgan fingerprint density at radius 1 is 1.43 bits per heavy atom. The molecule has 0 radical (unpaired) electrons. The van der Waals surface area contributed by atoms with Crippen LogP contribution in [0.2, 0.25) is 0 Å². The van der Waals surface area contributed by atoms with Crippen LogP contribution in [0.15, 0.2) is 0 Å². The standard InChI is InChI=1S/C8H15NO2.C7H12N2O.C2H6/c1-6(2)4-8(5-10)9-7(3)11;1-9-3-2-5-7(9)6(10)4-8-5;1-2/h5-6,8H,4H2,1-3H3,(H,9,11);5,7-8H,2-4H2,1H3;1-2H3. The maximum Gasteiger partial charge on any atom is 0.217 e. The van der Waals surface area contributed by atoms with Crippen LogP contribution in [0.25, 0.3) is 0 Å². The smallest absolute Gasteiger partial charge is 0.217 e. The highest BCUT2D eigenvalue weighted by molar-refractivity contribution is 5.89. The molecule has 2 fully saturated rings. The molecule has 0 spiro atoms. The highest BCUT2D eigenvalue weighted by atomic mass is 16.2. The number of carbonyl (C=O) groups is 3. The molecule has 0 aliphatic carbocycles. The maximum atomic E-state index is 11.2. The first-order valence-electron chi connectivity index (χ1n) is 8.53. The molecule has 3 unspecified atom stereocenters. The molecule has 0 bridgehead atoms. The number of carbonyl (C=O) groups excluding carboxylic acids is 3. The Bertz CT molecular complexity index is 385. The summed E-state index contributed by atoms with van der Waals surface area (Å²) in [5.41, 5.74) is 0. The molecule has 3 atom stereocenters. The maximum absolute atomic E-state index is 11.2. The normalized spacial score (nSPS) is 24.0. The molecule has 6 nitrogen and oxygen atoms in total. The van der Waals surface area contributed by atoms with Crippen LogP contribution >= 0.6 is 0 Å². The van der Waals surface area contributed by atoms with Crippen LogP contribution in [0, 0.1) is 5.92 Å². The van der Waals surface area contributed by atoms with Gasteiger partial charge in [0.15, 0.2) is 5.78 Å². The summed E-state index contributed by atoms with van der Waals surface area (Å²) in [5, 5.41) is 5.76. The van der Waals surface area contributed by atoms with Gasteiger partial charge in [0.25, 0.3) is 0 Å². The fourth-order valence-corrected chi connectivity index (χ4v) is 2.88. The Morgan fingerprint density at radius 2 is 2.04 bits per heavy atom. The molecule has 134 valence electrons. The number of amides is 1. The zero-order chi connectivity index (χ0) is 18.0. The SMILES string of the molecule is CC.CC(=O)NC(C=O)CC(C)C.CN1CCC2NCC(=O)C21. The van der Waals surface area contributed by atoms with Crippen LogP contribution in [-0.2, 0) is 14.4 Å². The van der Waals surface area contributed by atoms with Gasteiger partial charge in [0.1, 0.15) is 6.29 Å². The van der Waals surface area contributed by atoms with Gasteiger partial charge >= 0.3 is 0 Å². The van der Waals surface area contributed by atoms with Crippen LogP contribution < -0.4 is 10.6 Å². The van der Waals surface area contributed by atoms with Crippen LogP contribution in [-0.4, -0.2) is 61.1 Å². The molecule has 0 saturated carbocycles. The van der Waals surface area contributed by atoms with E-state index in [-0.39, 0.29) is 18.0 Å². The second-order valence-electron chi connectivity index (χ2n) is 6.24. The van der Waals surface area contributed by atoms with E-state index in [0.29, 0.717) is 30.7 Å². The Hall–Kier alpha value is -1.27. The molecule has 6 heteroatoms. The van der Waals surface area contributed by atoms with Gasteiger partial charge in [-0.25, -0.2) is 0 Å². The van der Waals surface area contributed by atoms with Crippen molar-refractivity contribution >= 4 is 18.0 Å². The van der Waals surface area contributed by atoms with Gasteiger partial charge in [-0.15, -0.1) is 0 Å². The molecule has 1 amide bonds. The minimum atomic E-state index is -0.313. The Morgan fingerprint density at radius 3 is 2.48 bits per heavy atom. The zero-order valence-electron chi connectivity index (χ0n) is 15.4. The average Bonchev–Trinajstić information content (AvgIpc) is 3.04. The second-order valence-corrected chi connectivity index (χ2v) is 6.24. The molecule has 2 N–H and O–H groups in total. The number of likely N-dealkylation sites (tertiary alicyclic amines) is 1. The third-order valence-electron chi connectivity index (χ3n) is 3.80. The summed E-state index contributed by atoms with van der Waals surface area (Å²) in [6.45, 7) is 11.1. The van der Waals surface area contributed by atoms with Gasteiger partial charge in [-0.05, 0) is 25.8 Å². The van der Waals surface area contributed by atoms with Gasteiger partial charge in [0.05, 0.1) is 18.6 Å². The quantitative estimate of drug-likeness (QED) is 0.753. The van der Waals surface area contributed by atoms with Crippen molar-refractivity contribution in [3.8, 4) is 0 Å². The topological polar surface area (TPSA) is 78.5 Å². The van der Waals surface area contributed by atoms with E-state index < -0.39 is 0 Å². The lowest BCUT2D eigenvalue weighted by molar-refractivity contribution is -0.122. The van der Waals surface area contributed by atoms with Crippen LogP contribution in [0.4, 0.5) is 0 Å². The molecule has 2 aliphatic heterocycles. The van der Waals surface area contributed by atoms with Crippen LogP contribution in [0.1, 0.15) is 47.5 Å². The highest BCUT2D eigenvalue weighted by Gasteiger charge is 2.41. The number of Topliss-reactive ketones (excluding diaryl/α,β-unsaturated/α-hetero) is 1. The minimum absolute atomic E-state index is 0.150. The number of hydrogen-bond donors (Lipinski definition) is 2. The number of aldehydes is 1. The van der Waals surface area contributed by atoms with Crippen molar-refractivity contribution in [3.05, 3.63) is 0 Å². The van der Waals surface area contributed by atoms with Crippen molar-refractivity contribution in [3.63, 3.8) is 0 Å². The van der Waals surface area contributed by atoms with E-state index in [0.717, 1.165) is 19.3 Å². The van der Waals surface area contributed by atoms with Gasteiger partial charge < -0.3 is 15.4 Å². The van der Waals surface area contributed by atoms with Gasteiger partial charge in [-0.1, -0.05) is 27.7 Å². The molecule has 2 heterocycles. The van der Waals surface area contributed by atoms with E-state index in [1.165, 1.54) is 6.92 Å². The number of ketones is 1. The van der Waals surface area contributed by atoms with Crippen molar-refractivity contribution in [2.45, 2.75) is 65.6 Å². The van der Waals surface area contributed by atoms with Crippen molar-refractivity contribution in [1.29, 1.82) is 0 Å². The molecular weight excluding hydrogens is 294 g/mol. The molecule has 0 aromatic rings. The fourth-order valence-electron chi connectivity index (χ4n) is 2.88. The predicted molar refractivity (Wildman–Crippen MR) is 92.3 cm³/mol. The number of likely N-dealkylation sites (N-methyl/N-ethyl adjacent to an activating group) is 1. The van der Waals surface area contributed by atoms with Crippen LogP contribution in [0.3, 0.4) is 0 Å². The first-order chi connectivity index (χ1) is 10.8. The van der Waals surface area contributed by atoms with Gasteiger partial charge in [0, 0.05) is 19.5 Å². The molecule has 2 aliphatic rings. The van der Waals surface area contributed by atoms with Crippen LogP contribution in [0.5, 0.6) is 0 Å². The predicted octanol–water partition coefficient (Wildman–Crippen LogP) is 0.994. The van der Waals surface area contributed by atoms with E-state index in [1.54, 1.807) is 0 Å². The van der Waals surface area contributed by atoms with Gasteiger partial charge in [-0.2, -0.15) is 0 Å². The lowest BCUT2D eigenvalue weighted by Gasteiger charge is -2.14. The van der Waals surface area contributed by atoms with E-state index in [2.05, 4.69) is 15.5 Å². The van der Waals surface area contributed by atoms with E-state index in [4.69, 9.17) is 0 Å². The fraction of sp³-hybridized carbons (Fsp3) is 0.824. The molecule has 0 aromatic heterocycles. The third-order valence-corrected chi connectivity index (χ3v) is 3.80. The number of fused-ring (bicyclic) bond motifs is 1. The summed E-state index contributed by atoms with van der Waals surface area (Å²) in [6.07, 6.45) is 2.62. The molecule has 2 rings (SSSR count). The molecule has 23 heavy (non-hydrogen) atoms. The summed E-state index contributed by atoms with van der Waals surface area (Å²) in [6, 6.07) is 0.338. The van der Waals surface area contributed by atoms with Crippen molar-refractivity contribution in [2.75, 3.05) is 20.1 Å². The summed E-state index contributed by atoms with van der Waals surface area (Å²) in [7, 11) is 2.02. The van der Waals surface area contributed by atoms with E-state index in [9.17, 15) is 14.4 Å². The monoisotopic (exact) mass is 327 g/mol. The number of rotatable bonds is 4. The largest absolute Gasteiger partial charge is 0.347 e. The second kappa shape index (κ2) is 11.3. The Kier molecular flexibility index (Phi) is 10.7. The molecule has 2 saturated heterocycles. The van der Waals surface area contributed by atoms with Crippen molar-refractivity contribution in [1.82, 2.24) is 15.5 Å².